The first-order chi connectivity index (χ1) is 6.88. The fraction of sp³-hybridized carbons (Fsp3) is 0.727. The molecule has 80 valence electrons. The zero-order valence-electron chi connectivity index (χ0n) is 9.25. The van der Waals surface area contributed by atoms with Gasteiger partial charge in [-0.2, -0.15) is 11.8 Å². The van der Waals surface area contributed by atoms with Crippen molar-refractivity contribution in [2.45, 2.75) is 39.7 Å². The maximum Gasteiger partial charge on any atom is 0.254 e. The average Bonchev–Trinajstić information content (AvgIpc) is 2.61. The molecule has 0 saturated carbocycles. The molecule has 0 saturated heterocycles. The first-order valence-corrected chi connectivity index (χ1v) is 6.67. The lowest BCUT2D eigenvalue weighted by molar-refractivity contribution is -0.702. The summed E-state index contributed by atoms with van der Waals surface area (Å²) in [5, 5.41) is 0. The fourth-order valence-corrected chi connectivity index (χ4v) is 2.19. The maximum absolute atomic E-state index is 3.32. The van der Waals surface area contributed by atoms with Crippen LogP contribution in [0.4, 0.5) is 0 Å². The second kappa shape index (κ2) is 6.93. The van der Waals surface area contributed by atoms with Gasteiger partial charge in [-0.25, -0.2) is 9.55 Å². The van der Waals surface area contributed by atoms with Crippen LogP contribution in [-0.2, 0) is 13.0 Å². The van der Waals surface area contributed by atoms with Gasteiger partial charge in [0.05, 0.1) is 6.54 Å². The summed E-state index contributed by atoms with van der Waals surface area (Å²) in [6, 6.07) is 0. The standard InChI is InChI=1S/C11H20N2S/c1-3-8-13-9-7-12-11(13)6-5-10-14-4-2/h7,9H,3-6,8,10H2,1-2H3/p+1. The second-order valence-corrected chi connectivity index (χ2v) is 4.79. The monoisotopic (exact) mass is 213 g/mol. The Labute approximate surface area is 91.1 Å². The molecule has 2 nitrogen and oxygen atoms in total. The van der Waals surface area contributed by atoms with Gasteiger partial charge in [-0.3, -0.25) is 0 Å². The zero-order valence-corrected chi connectivity index (χ0v) is 10.1. The van der Waals surface area contributed by atoms with Crippen LogP contribution in [0, 0.1) is 0 Å². The molecule has 0 atom stereocenters. The molecule has 14 heavy (non-hydrogen) atoms. The minimum absolute atomic E-state index is 1.14. The zero-order chi connectivity index (χ0) is 10.2. The Kier molecular flexibility index (Phi) is 5.76. The van der Waals surface area contributed by atoms with Crippen LogP contribution in [0.5, 0.6) is 0 Å². The van der Waals surface area contributed by atoms with Gasteiger partial charge in [0.25, 0.3) is 5.82 Å². The fourth-order valence-electron chi connectivity index (χ4n) is 1.55. The van der Waals surface area contributed by atoms with E-state index in [2.05, 4.69) is 29.6 Å². The van der Waals surface area contributed by atoms with Gasteiger partial charge < -0.3 is 0 Å². The molecule has 0 bridgehead atoms. The number of nitrogens with one attached hydrogen (secondary N) is 1. The van der Waals surface area contributed by atoms with E-state index in [-0.39, 0.29) is 0 Å². The van der Waals surface area contributed by atoms with Crippen LogP contribution in [0.3, 0.4) is 0 Å². The van der Waals surface area contributed by atoms with Crippen LogP contribution >= 0.6 is 11.8 Å². The molecule has 1 rings (SSSR count). The van der Waals surface area contributed by atoms with Crippen molar-refractivity contribution in [2.24, 2.45) is 0 Å². The Morgan fingerprint density at radius 1 is 1.43 bits per heavy atom. The smallest absolute Gasteiger partial charge is 0.248 e. The van der Waals surface area contributed by atoms with Crippen LogP contribution in [0.2, 0.25) is 0 Å². The Morgan fingerprint density at radius 3 is 3.00 bits per heavy atom. The van der Waals surface area contributed by atoms with Gasteiger partial charge in [-0.15, -0.1) is 0 Å². The predicted molar refractivity (Wildman–Crippen MR) is 62.6 cm³/mol. The number of rotatable bonds is 7. The van der Waals surface area contributed by atoms with Gasteiger partial charge in [0.15, 0.2) is 0 Å². The highest BCUT2D eigenvalue weighted by Gasteiger charge is 2.08. The van der Waals surface area contributed by atoms with Gasteiger partial charge in [0.2, 0.25) is 0 Å². The molecule has 0 spiro atoms. The number of aromatic amines is 1. The van der Waals surface area contributed by atoms with E-state index in [0.29, 0.717) is 0 Å². The largest absolute Gasteiger partial charge is 0.254 e. The number of H-pyrrole nitrogens is 1. The molecule has 0 aromatic carbocycles. The molecule has 1 aromatic heterocycles. The van der Waals surface area contributed by atoms with Gasteiger partial charge in [0, 0.05) is 6.42 Å². The Hall–Kier alpha value is -0.440. The van der Waals surface area contributed by atoms with Gasteiger partial charge >= 0.3 is 0 Å². The van der Waals surface area contributed by atoms with Crippen molar-refractivity contribution in [1.29, 1.82) is 0 Å². The summed E-state index contributed by atoms with van der Waals surface area (Å²) in [5.41, 5.74) is 0. The first-order valence-electron chi connectivity index (χ1n) is 5.52. The molecule has 0 radical (unpaired) electrons. The van der Waals surface area contributed by atoms with Crippen LogP contribution in [0.25, 0.3) is 0 Å². The molecular formula is C11H21N2S+. The maximum atomic E-state index is 3.32. The molecule has 0 aliphatic carbocycles. The first kappa shape index (κ1) is 11.6. The van der Waals surface area contributed by atoms with E-state index >= 15 is 0 Å². The van der Waals surface area contributed by atoms with Crippen LogP contribution in [0.1, 0.15) is 32.5 Å². The van der Waals surface area contributed by atoms with Crippen LogP contribution in [-0.4, -0.2) is 16.5 Å². The molecule has 0 aliphatic rings. The highest BCUT2D eigenvalue weighted by Crippen LogP contribution is 2.03. The van der Waals surface area contributed by atoms with Crippen molar-refractivity contribution < 1.29 is 4.57 Å². The third-order valence-electron chi connectivity index (χ3n) is 2.22. The molecule has 3 heteroatoms. The third kappa shape index (κ3) is 3.74. The highest BCUT2D eigenvalue weighted by molar-refractivity contribution is 7.99. The summed E-state index contributed by atoms with van der Waals surface area (Å²) in [7, 11) is 0. The number of hydrogen-bond acceptors (Lipinski definition) is 1. The number of nitrogens with zero attached hydrogens (tertiary/aromatic N) is 1. The van der Waals surface area contributed by atoms with E-state index in [1.807, 2.05) is 18.0 Å². The van der Waals surface area contributed by atoms with Crippen LogP contribution < -0.4 is 4.57 Å². The van der Waals surface area contributed by atoms with Crippen molar-refractivity contribution in [1.82, 2.24) is 4.98 Å². The molecule has 0 fully saturated rings. The highest BCUT2D eigenvalue weighted by atomic mass is 32.2. The average molecular weight is 213 g/mol. The van der Waals surface area contributed by atoms with Crippen molar-refractivity contribution in [3.8, 4) is 0 Å². The van der Waals surface area contributed by atoms with E-state index < -0.39 is 0 Å². The molecule has 1 heterocycles. The van der Waals surface area contributed by atoms with Crippen molar-refractivity contribution in [3.05, 3.63) is 18.2 Å². The van der Waals surface area contributed by atoms with Crippen molar-refractivity contribution >= 4 is 11.8 Å². The summed E-state index contributed by atoms with van der Waals surface area (Å²) in [5.74, 6) is 3.89. The van der Waals surface area contributed by atoms with Gasteiger partial charge in [-0.1, -0.05) is 13.8 Å². The van der Waals surface area contributed by atoms with Crippen molar-refractivity contribution in [2.75, 3.05) is 11.5 Å². The Bertz CT molecular complexity index is 245. The summed E-state index contributed by atoms with van der Waals surface area (Å²) >= 11 is 2.03. The van der Waals surface area contributed by atoms with Gasteiger partial charge in [-0.05, 0) is 24.3 Å². The molecule has 1 N–H and O–H groups in total. The van der Waals surface area contributed by atoms with Gasteiger partial charge in [0.1, 0.15) is 12.4 Å². The molecule has 0 unspecified atom stereocenters. The Balaban J connectivity index is 2.30. The number of aryl methyl sites for hydroxylation is 2. The predicted octanol–water partition coefficient (Wildman–Crippen LogP) is 2.40. The number of thioether (sulfide) groups is 1. The normalized spacial score (nSPS) is 10.7. The van der Waals surface area contributed by atoms with Crippen molar-refractivity contribution in [3.63, 3.8) is 0 Å². The lowest BCUT2D eigenvalue weighted by Gasteiger charge is -1.99. The molecule has 0 aliphatic heterocycles. The molecular weight excluding hydrogens is 192 g/mol. The third-order valence-corrected chi connectivity index (χ3v) is 3.21. The number of imidazole rings is 1. The van der Waals surface area contributed by atoms with E-state index in [1.54, 1.807) is 0 Å². The lowest BCUT2D eigenvalue weighted by Crippen LogP contribution is -2.35. The quantitative estimate of drug-likeness (QED) is 0.544. The van der Waals surface area contributed by atoms with E-state index in [4.69, 9.17) is 0 Å². The summed E-state index contributed by atoms with van der Waals surface area (Å²) in [6.45, 7) is 5.58. The SMILES string of the molecule is CCC[n+]1cc[nH]c1CCCSCC. The van der Waals surface area contributed by atoms with E-state index in [9.17, 15) is 0 Å². The van der Waals surface area contributed by atoms with E-state index in [1.165, 1.54) is 36.6 Å². The molecule has 0 amide bonds. The Morgan fingerprint density at radius 2 is 2.29 bits per heavy atom. The topological polar surface area (TPSA) is 19.7 Å². The number of aromatic nitrogens is 2. The minimum atomic E-state index is 1.14. The van der Waals surface area contributed by atoms with Crippen LogP contribution in [0.15, 0.2) is 12.4 Å². The summed E-state index contributed by atoms with van der Waals surface area (Å²) in [6.07, 6.45) is 7.85. The van der Waals surface area contributed by atoms with E-state index in [0.717, 1.165) is 6.54 Å². The minimum Gasteiger partial charge on any atom is -0.248 e. The second-order valence-electron chi connectivity index (χ2n) is 3.40. The molecule has 1 aromatic rings. The number of hydrogen-bond donors (Lipinski definition) is 1. The lowest BCUT2D eigenvalue weighted by atomic mass is 10.3. The summed E-state index contributed by atoms with van der Waals surface area (Å²) < 4.78 is 2.33. The summed E-state index contributed by atoms with van der Waals surface area (Å²) in [4.78, 5) is 3.32.